The van der Waals surface area contributed by atoms with Gasteiger partial charge in [0, 0.05) is 25.7 Å². The van der Waals surface area contributed by atoms with Gasteiger partial charge in [0.1, 0.15) is 19.3 Å². The Morgan fingerprint density at radius 3 is 0.900 bits per heavy atom. The number of esters is 4. The number of carbonyl (C=O) groups is 4. The number of phosphoric acid groups is 2. The van der Waals surface area contributed by atoms with Crippen molar-refractivity contribution in [1.29, 1.82) is 0 Å². The summed E-state index contributed by atoms with van der Waals surface area (Å²) in [6, 6.07) is 0. The molecule has 3 unspecified atom stereocenters. The van der Waals surface area contributed by atoms with E-state index in [9.17, 15) is 43.2 Å². The highest BCUT2D eigenvalue weighted by molar-refractivity contribution is 7.47. The van der Waals surface area contributed by atoms with Gasteiger partial charge < -0.3 is 33.8 Å². The number of hydrogen-bond donors (Lipinski definition) is 3. The zero-order valence-electron chi connectivity index (χ0n) is 65.0. The topological polar surface area (TPSA) is 237 Å². The van der Waals surface area contributed by atoms with Crippen molar-refractivity contribution in [3.05, 3.63) is 24.3 Å². The van der Waals surface area contributed by atoms with E-state index in [1.807, 2.05) is 0 Å². The van der Waals surface area contributed by atoms with Gasteiger partial charge in [-0.2, -0.15) is 0 Å². The molecule has 19 heteroatoms. The molecule has 0 amide bonds. The third kappa shape index (κ3) is 72.5. The Morgan fingerprint density at radius 1 is 0.330 bits per heavy atom. The Labute approximate surface area is 612 Å². The first-order valence-corrected chi connectivity index (χ1v) is 44.3. The Bertz CT molecular complexity index is 2020. The first kappa shape index (κ1) is 97.5. The molecular formula is C81H154O17P2. The molecule has 0 saturated heterocycles. The summed E-state index contributed by atoms with van der Waals surface area (Å²) in [5.74, 6) is -0.594. The largest absolute Gasteiger partial charge is 0.472 e. The van der Waals surface area contributed by atoms with Gasteiger partial charge in [0.05, 0.1) is 26.4 Å². The molecule has 590 valence electrons. The van der Waals surface area contributed by atoms with Crippen LogP contribution < -0.4 is 0 Å². The predicted octanol–water partition coefficient (Wildman–Crippen LogP) is 23.8. The maximum Gasteiger partial charge on any atom is 0.472 e. The Hall–Kier alpha value is -2.46. The number of allylic oxidation sites excluding steroid dienone is 4. The third-order valence-corrected chi connectivity index (χ3v) is 20.6. The van der Waals surface area contributed by atoms with Crippen LogP contribution in [0, 0.1) is 11.8 Å². The highest BCUT2D eigenvalue weighted by atomic mass is 31.2. The van der Waals surface area contributed by atoms with E-state index < -0.39 is 97.5 Å². The molecule has 0 aromatic heterocycles. The zero-order valence-corrected chi connectivity index (χ0v) is 66.8. The number of hydrogen-bond acceptors (Lipinski definition) is 15. The van der Waals surface area contributed by atoms with E-state index in [4.69, 9.17) is 37.0 Å². The van der Waals surface area contributed by atoms with Gasteiger partial charge in [-0.15, -0.1) is 0 Å². The average Bonchev–Trinajstić information content (AvgIpc) is 0.917. The number of ether oxygens (including phenoxy) is 4. The van der Waals surface area contributed by atoms with Crippen LogP contribution in [-0.2, 0) is 65.4 Å². The predicted molar refractivity (Wildman–Crippen MR) is 409 cm³/mol. The molecule has 17 nitrogen and oxygen atoms in total. The minimum absolute atomic E-state index is 0.101. The summed E-state index contributed by atoms with van der Waals surface area (Å²) >= 11 is 0. The summed E-state index contributed by atoms with van der Waals surface area (Å²) in [6.45, 7) is 9.55. The summed E-state index contributed by atoms with van der Waals surface area (Å²) in [4.78, 5) is 72.9. The van der Waals surface area contributed by atoms with E-state index in [2.05, 4.69) is 65.8 Å². The summed E-state index contributed by atoms with van der Waals surface area (Å²) in [6.07, 6.45) is 64.8. The van der Waals surface area contributed by atoms with Gasteiger partial charge in [0.2, 0.25) is 0 Å². The zero-order chi connectivity index (χ0) is 73.5. The molecule has 0 bridgehead atoms. The minimum Gasteiger partial charge on any atom is -0.462 e. The van der Waals surface area contributed by atoms with Crippen molar-refractivity contribution < 1.29 is 80.2 Å². The van der Waals surface area contributed by atoms with Crippen molar-refractivity contribution in [2.45, 2.75) is 419 Å². The SMILES string of the molecule is CCCCCC/C=C\C=C/CCCCCCCC(=O)OC[C@H](COP(=O)(O)OC[C@@H](O)COP(=O)(O)OC[C@@H](COC(=O)CCCCCCCCC(C)C)OC(=O)CCCCCCCCCCCCCCCC)OC(=O)CCCCCCCCCCCCCCCCCCCCC(C)CC. The molecule has 0 aliphatic rings. The summed E-state index contributed by atoms with van der Waals surface area (Å²) < 4.78 is 68.6. The monoisotopic (exact) mass is 1460 g/mol. The first-order valence-electron chi connectivity index (χ1n) is 41.3. The second-order valence-corrected chi connectivity index (χ2v) is 32.1. The summed E-state index contributed by atoms with van der Waals surface area (Å²) in [5.41, 5.74) is 0. The van der Waals surface area contributed by atoms with Crippen molar-refractivity contribution in [2.24, 2.45) is 11.8 Å². The molecule has 0 aromatic carbocycles. The number of rotatable bonds is 78. The fourth-order valence-corrected chi connectivity index (χ4v) is 13.5. The molecule has 0 saturated carbocycles. The average molecular weight is 1460 g/mol. The lowest BCUT2D eigenvalue weighted by atomic mass is 9.99. The molecule has 0 aliphatic carbocycles. The van der Waals surface area contributed by atoms with Gasteiger partial charge in [-0.05, 0) is 63.2 Å². The van der Waals surface area contributed by atoms with E-state index in [-0.39, 0.29) is 25.7 Å². The number of aliphatic hydroxyl groups excluding tert-OH is 1. The molecule has 0 heterocycles. The van der Waals surface area contributed by atoms with Gasteiger partial charge in [-0.25, -0.2) is 9.13 Å². The molecule has 6 atom stereocenters. The fourth-order valence-electron chi connectivity index (χ4n) is 12.0. The molecule has 100 heavy (non-hydrogen) atoms. The molecule has 3 N–H and O–H groups in total. The number of aliphatic hydroxyl groups is 1. The van der Waals surface area contributed by atoms with Crippen LogP contribution in [0.25, 0.3) is 0 Å². The highest BCUT2D eigenvalue weighted by Crippen LogP contribution is 2.45. The molecule has 0 spiro atoms. The smallest absolute Gasteiger partial charge is 0.462 e. The molecule has 0 radical (unpaired) electrons. The van der Waals surface area contributed by atoms with Crippen LogP contribution >= 0.6 is 15.6 Å². The van der Waals surface area contributed by atoms with E-state index in [1.165, 1.54) is 193 Å². The number of carbonyl (C=O) groups excluding carboxylic acids is 4. The summed E-state index contributed by atoms with van der Waals surface area (Å²) in [7, 11) is -9.93. The second kappa shape index (κ2) is 72.1. The standard InChI is InChI=1S/C81H154O17P2/c1-7-10-12-14-16-18-20-22-28-33-36-40-44-51-57-63-78(83)91-69-76(97-80(85)66-60-54-46-42-38-34-30-27-25-24-26-29-31-35-39-43-50-56-62-74(6)9-3)71-95-99(87,88)93-67-75(82)68-94-100(89,90)96-72-77(70-92-79(84)64-58-52-48-47-49-55-61-73(4)5)98-81(86)65-59-53-45-41-37-32-23-21-19-17-15-13-11-8-2/h18,20,22,28,73-77,82H,7-17,19,21,23-27,29-72H2,1-6H3,(H,87,88)(H,89,90)/b20-18-,28-22-/t74?,75-,76-,77-/m1/s1. The van der Waals surface area contributed by atoms with Crippen LogP contribution in [0.5, 0.6) is 0 Å². The van der Waals surface area contributed by atoms with Gasteiger partial charge >= 0.3 is 39.5 Å². The van der Waals surface area contributed by atoms with E-state index in [0.717, 1.165) is 121 Å². The van der Waals surface area contributed by atoms with E-state index in [0.29, 0.717) is 31.6 Å². The van der Waals surface area contributed by atoms with Crippen molar-refractivity contribution in [3.63, 3.8) is 0 Å². The Morgan fingerprint density at radius 2 is 0.590 bits per heavy atom. The lowest BCUT2D eigenvalue weighted by Crippen LogP contribution is -2.30. The molecule has 0 aliphatic heterocycles. The van der Waals surface area contributed by atoms with Gasteiger partial charge in [0.25, 0.3) is 0 Å². The van der Waals surface area contributed by atoms with Gasteiger partial charge in [-0.1, -0.05) is 348 Å². The quantitative estimate of drug-likeness (QED) is 0.0169. The molecule has 0 rings (SSSR count). The fraction of sp³-hybridized carbons (Fsp3) is 0.901. The number of phosphoric ester groups is 2. The van der Waals surface area contributed by atoms with Crippen molar-refractivity contribution in [3.8, 4) is 0 Å². The maximum atomic E-state index is 13.1. The maximum absolute atomic E-state index is 13.1. The first-order chi connectivity index (χ1) is 48.4. The third-order valence-electron chi connectivity index (χ3n) is 18.7. The van der Waals surface area contributed by atoms with Crippen LogP contribution in [0.2, 0.25) is 0 Å². The van der Waals surface area contributed by atoms with Crippen LogP contribution in [0.4, 0.5) is 0 Å². The Balaban J connectivity index is 5.23. The van der Waals surface area contributed by atoms with Crippen LogP contribution in [0.15, 0.2) is 24.3 Å². The van der Waals surface area contributed by atoms with Crippen molar-refractivity contribution in [2.75, 3.05) is 39.6 Å². The van der Waals surface area contributed by atoms with E-state index in [1.54, 1.807) is 0 Å². The lowest BCUT2D eigenvalue weighted by molar-refractivity contribution is -0.161. The summed E-state index contributed by atoms with van der Waals surface area (Å²) in [5, 5.41) is 10.6. The van der Waals surface area contributed by atoms with Gasteiger partial charge in [-0.3, -0.25) is 37.3 Å². The normalized spacial score (nSPS) is 14.3. The lowest BCUT2D eigenvalue weighted by Gasteiger charge is -2.21. The van der Waals surface area contributed by atoms with Crippen LogP contribution in [-0.4, -0.2) is 96.7 Å². The van der Waals surface area contributed by atoms with Crippen molar-refractivity contribution in [1.82, 2.24) is 0 Å². The second-order valence-electron chi connectivity index (χ2n) is 29.2. The Kier molecular flexibility index (Phi) is 70.3. The molecule has 0 fully saturated rings. The number of unbranched alkanes of at least 4 members (excludes halogenated alkanes) is 44. The van der Waals surface area contributed by atoms with E-state index >= 15 is 0 Å². The van der Waals surface area contributed by atoms with Gasteiger partial charge in [0.15, 0.2) is 12.2 Å². The van der Waals surface area contributed by atoms with Crippen molar-refractivity contribution >= 4 is 39.5 Å². The molecule has 0 aromatic rings. The van der Waals surface area contributed by atoms with Crippen LogP contribution in [0.3, 0.4) is 0 Å². The van der Waals surface area contributed by atoms with Crippen LogP contribution in [0.1, 0.15) is 401 Å². The minimum atomic E-state index is -4.97. The molecular weight excluding hydrogens is 1310 g/mol. The highest BCUT2D eigenvalue weighted by Gasteiger charge is 2.30.